The number of nitrogen functional groups attached to an aromatic ring is 1. The molecule has 5 heteroatoms. The summed E-state index contributed by atoms with van der Waals surface area (Å²) in [5.74, 6) is 1.19. The molecule has 0 fully saturated rings. The van der Waals surface area contributed by atoms with Gasteiger partial charge < -0.3 is 10.6 Å². The minimum absolute atomic E-state index is 0.490. The van der Waals surface area contributed by atoms with Crippen molar-refractivity contribution in [2.24, 2.45) is 0 Å². The van der Waals surface area contributed by atoms with E-state index in [0.717, 1.165) is 5.69 Å². The van der Waals surface area contributed by atoms with Gasteiger partial charge >= 0.3 is 0 Å². The predicted molar refractivity (Wildman–Crippen MR) is 62.8 cm³/mol. The Kier molecular flexibility index (Phi) is 2.95. The summed E-state index contributed by atoms with van der Waals surface area (Å²) in [5.41, 5.74) is 6.61. The average Bonchev–Trinajstić information content (AvgIpc) is 2.30. The van der Waals surface area contributed by atoms with Crippen LogP contribution in [0.4, 0.5) is 11.5 Å². The lowest BCUT2D eigenvalue weighted by Crippen LogP contribution is -2.18. The van der Waals surface area contributed by atoms with Crippen LogP contribution in [-0.2, 0) is 6.54 Å². The molecule has 0 bridgehead atoms. The molecule has 2 aromatic rings. The van der Waals surface area contributed by atoms with Gasteiger partial charge in [-0.25, -0.2) is 9.97 Å². The summed E-state index contributed by atoms with van der Waals surface area (Å²) in [6.45, 7) is 0.608. The lowest BCUT2D eigenvalue weighted by Gasteiger charge is -2.17. The summed E-state index contributed by atoms with van der Waals surface area (Å²) in [4.78, 5) is 14.4. The second-order valence-electron chi connectivity index (χ2n) is 3.47. The Morgan fingerprint density at radius 3 is 2.88 bits per heavy atom. The summed E-state index contributed by atoms with van der Waals surface area (Å²) in [7, 11) is 1.96. The highest BCUT2D eigenvalue weighted by atomic mass is 15.1. The quantitative estimate of drug-likeness (QED) is 0.830. The summed E-state index contributed by atoms with van der Waals surface area (Å²) < 4.78 is 0. The van der Waals surface area contributed by atoms with E-state index in [1.165, 1.54) is 0 Å². The Balaban J connectivity index is 2.11. The standard InChI is InChI=1S/C11H13N5/c1-16(9-3-2-5-13-7-9)8-11-14-6-4-10(12)15-11/h2-7H,8H2,1H3,(H2,12,14,15). The van der Waals surface area contributed by atoms with Gasteiger partial charge in [0.05, 0.1) is 18.4 Å². The normalized spacial score (nSPS) is 10.1. The molecule has 0 aliphatic rings. The van der Waals surface area contributed by atoms with E-state index in [1.54, 1.807) is 24.7 Å². The monoisotopic (exact) mass is 215 g/mol. The van der Waals surface area contributed by atoms with Crippen LogP contribution in [0.15, 0.2) is 36.8 Å². The van der Waals surface area contributed by atoms with Crippen molar-refractivity contribution >= 4 is 11.5 Å². The maximum absolute atomic E-state index is 5.59. The Labute approximate surface area is 94.0 Å². The van der Waals surface area contributed by atoms with Crippen molar-refractivity contribution in [3.63, 3.8) is 0 Å². The first-order valence-electron chi connectivity index (χ1n) is 4.94. The van der Waals surface area contributed by atoms with Crippen LogP contribution in [0.2, 0.25) is 0 Å². The van der Waals surface area contributed by atoms with Crippen molar-refractivity contribution in [1.82, 2.24) is 15.0 Å². The predicted octanol–water partition coefficient (Wildman–Crippen LogP) is 1.09. The highest BCUT2D eigenvalue weighted by molar-refractivity contribution is 5.42. The van der Waals surface area contributed by atoms with Crippen LogP contribution in [0.5, 0.6) is 0 Å². The Bertz CT molecular complexity index is 457. The van der Waals surface area contributed by atoms with E-state index >= 15 is 0 Å². The van der Waals surface area contributed by atoms with Crippen molar-refractivity contribution in [1.29, 1.82) is 0 Å². The molecule has 0 radical (unpaired) electrons. The lowest BCUT2D eigenvalue weighted by molar-refractivity contribution is 0.838. The van der Waals surface area contributed by atoms with Crippen molar-refractivity contribution in [3.05, 3.63) is 42.6 Å². The largest absolute Gasteiger partial charge is 0.384 e. The molecule has 0 atom stereocenters. The van der Waals surface area contributed by atoms with Crippen LogP contribution < -0.4 is 10.6 Å². The van der Waals surface area contributed by atoms with Crippen LogP contribution in [-0.4, -0.2) is 22.0 Å². The van der Waals surface area contributed by atoms with E-state index in [0.29, 0.717) is 18.2 Å². The van der Waals surface area contributed by atoms with Crippen LogP contribution in [0, 0.1) is 0 Å². The van der Waals surface area contributed by atoms with Gasteiger partial charge in [-0.1, -0.05) is 0 Å². The van der Waals surface area contributed by atoms with Crippen molar-refractivity contribution in [2.45, 2.75) is 6.54 Å². The van der Waals surface area contributed by atoms with E-state index in [9.17, 15) is 0 Å². The van der Waals surface area contributed by atoms with E-state index in [2.05, 4.69) is 15.0 Å². The molecule has 0 amide bonds. The molecule has 0 unspecified atom stereocenters. The van der Waals surface area contributed by atoms with Crippen LogP contribution in [0.3, 0.4) is 0 Å². The third-order valence-corrected chi connectivity index (χ3v) is 2.19. The van der Waals surface area contributed by atoms with E-state index < -0.39 is 0 Å². The first kappa shape index (κ1) is 10.4. The van der Waals surface area contributed by atoms with Gasteiger partial charge in [0.25, 0.3) is 0 Å². The highest BCUT2D eigenvalue weighted by Crippen LogP contribution is 2.11. The second kappa shape index (κ2) is 4.57. The Hall–Kier alpha value is -2.17. The summed E-state index contributed by atoms with van der Waals surface area (Å²) in [6, 6.07) is 5.55. The minimum Gasteiger partial charge on any atom is -0.384 e. The average molecular weight is 215 g/mol. The molecular weight excluding hydrogens is 202 g/mol. The van der Waals surface area contributed by atoms with Crippen LogP contribution >= 0.6 is 0 Å². The number of pyridine rings is 1. The number of hydrogen-bond donors (Lipinski definition) is 1. The summed E-state index contributed by atoms with van der Waals surface area (Å²) in [5, 5.41) is 0. The lowest BCUT2D eigenvalue weighted by atomic mass is 10.3. The zero-order chi connectivity index (χ0) is 11.4. The first-order valence-corrected chi connectivity index (χ1v) is 4.94. The van der Waals surface area contributed by atoms with Gasteiger partial charge in [-0.3, -0.25) is 4.98 Å². The molecule has 82 valence electrons. The molecule has 2 N–H and O–H groups in total. The molecule has 16 heavy (non-hydrogen) atoms. The van der Waals surface area contributed by atoms with Gasteiger partial charge in [0.1, 0.15) is 11.6 Å². The first-order chi connectivity index (χ1) is 7.75. The number of nitrogens with zero attached hydrogens (tertiary/aromatic N) is 4. The zero-order valence-electron chi connectivity index (χ0n) is 9.04. The molecule has 0 aliphatic carbocycles. The van der Waals surface area contributed by atoms with Gasteiger partial charge in [-0.2, -0.15) is 0 Å². The smallest absolute Gasteiger partial charge is 0.149 e. The molecule has 0 saturated heterocycles. The van der Waals surface area contributed by atoms with Gasteiger partial charge in [0.15, 0.2) is 0 Å². The van der Waals surface area contributed by atoms with Gasteiger partial charge in [-0.05, 0) is 18.2 Å². The molecular formula is C11H13N5. The molecule has 0 aromatic carbocycles. The number of aromatic nitrogens is 3. The number of anilines is 2. The molecule has 2 heterocycles. The third-order valence-electron chi connectivity index (χ3n) is 2.19. The number of nitrogens with two attached hydrogens (primary N) is 1. The topological polar surface area (TPSA) is 67.9 Å². The van der Waals surface area contributed by atoms with Crippen molar-refractivity contribution in [3.8, 4) is 0 Å². The van der Waals surface area contributed by atoms with Gasteiger partial charge in [-0.15, -0.1) is 0 Å². The minimum atomic E-state index is 0.490. The highest BCUT2D eigenvalue weighted by Gasteiger charge is 2.03. The van der Waals surface area contributed by atoms with Crippen molar-refractivity contribution in [2.75, 3.05) is 17.7 Å². The van der Waals surface area contributed by atoms with E-state index in [-0.39, 0.29) is 0 Å². The molecule has 2 aromatic heterocycles. The Morgan fingerprint density at radius 2 is 2.19 bits per heavy atom. The van der Waals surface area contributed by atoms with E-state index in [4.69, 9.17) is 5.73 Å². The molecule has 0 aliphatic heterocycles. The zero-order valence-corrected chi connectivity index (χ0v) is 9.04. The SMILES string of the molecule is CN(Cc1nccc(N)n1)c1cccnc1. The summed E-state index contributed by atoms with van der Waals surface area (Å²) >= 11 is 0. The van der Waals surface area contributed by atoms with Crippen molar-refractivity contribution < 1.29 is 0 Å². The fourth-order valence-electron chi connectivity index (χ4n) is 1.37. The second-order valence-corrected chi connectivity index (χ2v) is 3.47. The Morgan fingerprint density at radius 1 is 1.31 bits per heavy atom. The number of hydrogen-bond acceptors (Lipinski definition) is 5. The maximum Gasteiger partial charge on any atom is 0.149 e. The summed E-state index contributed by atoms with van der Waals surface area (Å²) in [6.07, 6.45) is 5.20. The van der Waals surface area contributed by atoms with E-state index in [1.807, 2.05) is 24.1 Å². The van der Waals surface area contributed by atoms with Gasteiger partial charge in [0.2, 0.25) is 0 Å². The molecule has 0 spiro atoms. The fraction of sp³-hybridized carbons (Fsp3) is 0.182. The molecule has 2 rings (SSSR count). The van der Waals surface area contributed by atoms with Crippen LogP contribution in [0.25, 0.3) is 0 Å². The third kappa shape index (κ3) is 2.44. The molecule has 0 saturated carbocycles. The maximum atomic E-state index is 5.59. The number of rotatable bonds is 3. The van der Waals surface area contributed by atoms with Gasteiger partial charge in [0, 0.05) is 19.4 Å². The molecule has 5 nitrogen and oxygen atoms in total. The fourth-order valence-corrected chi connectivity index (χ4v) is 1.37. The van der Waals surface area contributed by atoms with Crippen LogP contribution in [0.1, 0.15) is 5.82 Å².